The van der Waals surface area contributed by atoms with Crippen LogP contribution < -0.4 is 5.19 Å². The summed E-state index contributed by atoms with van der Waals surface area (Å²) in [6, 6.07) is 10.8. The van der Waals surface area contributed by atoms with Gasteiger partial charge in [0.1, 0.15) is 0 Å². The second-order valence-corrected chi connectivity index (χ2v) is 10.7. The predicted octanol–water partition coefficient (Wildman–Crippen LogP) is 4.50. The Morgan fingerprint density at radius 2 is 1.15 bits per heavy atom. The molecule has 2 fully saturated rings. The summed E-state index contributed by atoms with van der Waals surface area (Å²) in [4.78, 5) is 11.9. The molecule has 0 unspecified atom stereocenters. The Hall–Kier alpha value is -0.603. The average molecular weight is 289 g/mol. The highest BCUT2D eigenvalue weighted by Crippen LogP contribution is 2.46. The second-order valence-electron chi connectivity index (χ2n) is 6.86. The Morgan fingerprint density at radius 3 is 1.60 bits per heavy atom. The van der Waals surface area contributed by atoms with Crippen molar-refractivity contribution in [1.82, 2.24) is 0 Å². The molecule has 2 heteroatoms. The lowest BCUT2D eigenvalue weighted by Gasteiger charge is -2.43. The number of benzene rings is 1. The van der Waals surface area contributed by atoms with Gasteiger partial charge in [0.15, 0.2) is 0 Å². The van der Waals surface area contributed by atoms with Gasteiger partial charge in [0.2, 0.25) is 8.32 Å². The molecule has 0 amide bonds. The monoisotopic (exact) mass is 288 g/mol. The zero-order valence-corrected chi connectivity index (χ0v) is 13.6. The molecule has 0 aliphatic heterocycles. The van der Waals surface area contributed by atoms with E-state index in [0.717, 1.165) is 0 Å². The zero-order valence-electron chi connectivity index (χ0n) is 12.6. The van der Waals surface area contributed by atoms with Crippen molar-refractivity contribution in [2.24, 2.45) is 0 Å². The fourth-order valence-electron chi connectivity index (χ4n) is 4.60. The zero-order chi connectivity index (χ0) is 13.8. The van der Waals surface area contributed by atoms with E-state index >= 15 is 0 Å². The van der Waals surface area contributed by atoms with Crippen LogP contribution in [0.15, 0.2) is 30.3 Å². The molecule has 2 aliphatic carbocycles. The van der Waals surface area contributed by atoms with E-state index in [2.05, 4.69) is 30.3 Å². The molecular formula is C18H28OSi. The van der Waals surface area contributed by atoms with E-state index in [-0.39, 0.29) is 0 Å². The van der Waals surface area contributed by atoms with Crippen molar-refractivity contribution in [2.45, 2.75) is 75.3 Å². The van der Waals surface area contributed by atoms with Gasteiger partial charge in [0, 0.05) is 0 Å². The molecule has 1 N–H and O–H groups in total. The summed E-state index contributed by atoms with van der Waals surface area (Å²) in [6.07, 6.45) is 13.2. The Bertz CT molecular complexity index is 387. The molecule has 20 heavy (non-hydrogen) atoms. The van der Waals surface area contributed by atoms with E-state index in [9.17, 15) is 4.80 Å². The fraction of sp³-hybridized carbons (Fsp3) is 0.667. The standard InChI is InChI=1S/C18H28OSi/c19-20(16-10-4-1-5-11-16,17-12-6-2-7-13-17)18-14-8-3-9-15-18/h1,4-5,10-11,17-19H,2-3,6-9,12-15H2. The highest BCUT2D eigenvalue weighted by molar-refractivity contribution is 6.88. The van der Waals surface area contributed by atoms with Gasteiger partial charge in [-0.1, -0.05) is 94.5 Å². The molecule has 2 saturated carbocycles. The molecule has 0 spiro atoms. The van der Waals surface area contributed by atoms with Crippen LogP contribution in [0.2, 0.25) is 11.1 Å². The minimum atomic E-state index is -2.32. The van der Waals surface area contributed by atoms with Crippen molar-refractivity contribution in [1.29, 1.82) is 0 Å². The van der Waals surface area contributed by atoms with Gasteiger partial charge in [0.25, 0.3) is 0 Å². The van der Waals surface area contributed by atoms with Crippen LogP contribution in [-0.2, 0) is 0 Å². The average Bonchev–Trinajstić information content (AvgIpc) is 2.56. The summed E-state index contributed by atoms with van der Waals surface area (Å²) in [6.45, 7) is 0. The lowest BCUT2D eigenvalue weighted by molar-refractivity contribution is 0.387. The summed E-state index contributed by atoms with van der Waals surface area (Å²) in [5.74, 6) is 0. The van der Waals surface area contributed by atoms with E-state index in [4.69, 9.17) is 0 Å². The molecule has 0 heterocycles. The first kappa shape index (κ1) is 14.3. The Morgan fingerprint density at radius 1 is 0.700 bits per heavy atom. The second kappa shape index (κ2) is 6.44. The Balaban J connectivity index is 1.92. The van der Waals surface area contributed by atoms with Crippen LogP contribution in [0, 0.1) is 0 Å². The molecular weight excluding hydrogens is 260 g/mol. The molecule has 0 radical (unpaired) electrons. The van der Waals surface area contributed by atoms with Gasteiger partial charge in [0.05, 0.1) is 0 Å². The van der Waals surface area contributed by atoms with Crippen molar-refractivity contribution < 1.29 is 4.80 Å². The van der Waals surface area contributed by atoms with Crippen LogP contribution in [0.4, 0.5) is 0 Å². The van der Waals surface area contributed by atoms with Crippen molar-refractivity contribution in [3.63, 3.8) is 0 Å². The third-order valence-corrected chi connectivity index (χ3v) is 10.6. The summed E-state index contributed by atoms with van der Waals surface area (Å²) in [7, 11) is -2.32. The van der Waals surface area contributed by atoms with Crippen molar-refractivity contribution in [2.75, 3.05) is 0 Å². The fourth-order valence-corrected chi connectivity index (χ4v) is 9.51. The maximum atomic E-state index is 11.9. The third kappa shape index (κ3) is 2.73. The molecule has 3 rings (SSSR count). The maximum Gasteiger partial charge on any atom is 0.226 e. The van der Waals surface area contributed by atoms with Crippen LogP contribution >= 0.6 is 0 Å². The van der Waals surface area contributed by atoms with Crippen molar-refractivity contribution in [3.8, 4) is 0 Å². The third-order valence-electron chi connectivity index (χ3n) is 5.69. The molecule has 1 nitrogen and oxygen atoms in total. The van der Waals surface area contributed by atoms with E-state index in [1.807, 2.05) is 0 Å². The molecule has 1 aromatic carbocycles. The largest absolute Gasteiger partial charge is 0.427 e. The number of hydrogen-bond acceptors (Lipinski definition) is 1. The Kier molecular flexibility index (Phi) is 4.62. The smallest absolute Gasteiger partial charge is 0.226 e. The van der Waals surface area contributed by atoms with Gasteiger partial charge >= 0.3 is 0 Å². The molecule has 0 aromatic heterocycles. The van der Waals surface area contributed by atoms with Gasteiger partial charge < -0.3 is 4.80 Å². The summed E-state index contributed by atoms with van der Waals surface area (Å²) < 4.78 is 0. The summed E-state index contributed by atoms with van der Waals surface area (Å²) in [5.41, 5.74) is 1.23. The normalized spacial score (nSPS) is 22.9. The molecule has 1 aromatic rings. The van der Waals surface area contributed by atoms with E-state index in [1.54, 1.807) is 0 Å². The SMILES string of the molecule is O[Si](c1ccccc1)(C1CCCCC1)C1CCCCC1. The topological polar surface area (TPSA) is 20.2 Å². The minimum absolute atomic E-state index is 0.613. The van der Waals surface area contributed by atoms with Gasteiger partial charge in [-0.15, -0.1) is 0 Å². The van der Waals surface area contributed by atoms with Gasteiger partial charge in [-0.25, -0.2) is 0 Å². The number of hydrogen-bond donors (Lipinski definition) is 1. The van der Waals surface area contributed by atoms with Crippen LogP contribution in [0.5, 0.6) is 0 Å². The number of rotatable bonds is 3. The van der Waals surface area contributed by atoms with Crippen LogP contribution in [0.3, 0.4) is 0 Å². The molecule has 0 saturated heterocycles. The highest BCUT2D eigenvalue weighted by atomic mass is 28.4. The van der Waals surface area contributed by atoms with E-state index in [0.29, 0.717) is 11.1 Å². The predicted molar refractivity (Wildman–Crippen MR) is 87.7 cm³/mol. The van der Waals surface area contributed by atoms with Crippen molar-refractivity contribution >= 4 is 13.5 Å². The van der Waals surface area contributed by atoms with Gasteiger partial charge in [-0.2, -0.15) is 0 Å². The van der Waals surface area contributed by atoms with Crippen LogP contribution in [-0.4, -0.2) is 13.1 Å². The lowest BCUT2D eigenvalue weighted by atomic mass is 9.99. The first-order chi connectivity index (χ1) is 9.82. The Labute approximate surface area is 124 Å². The molecule has 110 valence electrons. The molecule has 0 bridgehead atoms. The molecule has 0 atom stereocenters. The quantitative estimate of drug-likeness (QED) is 0.812. The first-order valence-electron chi connectivity index (χ1n) is 8.59. The first-order valence-corrected chi connectivity index (χ1v) is 10.7. The van der Waals surface area contributed by atoms with Gasteiger partial charge in [-0.05, 0) is 16.3 Å². The van der Waals surface area contributed by atoms with Gasteiger partial charge in [-0.3, -0.25) is 0 Å². The molecule has 2 aliphatic rings. The van der Waals surface area contributed by atoms with E-state index < -0.39 is 8.32 Å². The lowest BCUT2D eigenvalue weighted by Crippen LogP contribution is -2.57. The summed E-state index contributed by atoms with van der Waals surface area (Å²) >= 11 is 0. The van der Waals surface area contributed by atoms with E-state index in [1.165, 1.54) is 69.4 Å². The summed E-state index contributed by atoms with van der Waals surface area (Å²) in [5, 5.41) is 1.32. The van der Waals surface area contributed by atoms with Crippen molar-refractivity contribution in [3.05, 3.63) is 30.3 Å². The van der Waals surface area contributed by atoms with Crippen LogP contribution in [0.25, 0.3) is 0 Å². The highest BCUT2D eigenvalue weighted by Gasteiger charge is 2.48. The van der Waals surface area contributed by atoms with Crippen LogP contribution in [0.1, 0.15) is 64.2 Å². The maximum absolute atomic E-state index is 11.9. The minimum Gasteiger partial charge on any atom is -0.427 e.